The van der Waals surface area contributed by atoms with Crippen molar-refractivity contribution in [1.82, 2.24) is 4.98 Å². The highest BCUT2D eigenvalue weighted by Crippen LogP contribution is 2.28. The van der Waals surface area contributed by atoms with E-state index in [1.807, 2.05) is 78.9 Å². The van der Waals surface area contributed by atoms with Gasteiger partial charge in [-0.25, -0.2) is 0 Å². The number of fused-ring (bicyclic) bond motifs is 1. The van der Waals surface area contributed by atoms with Crippen LogP contribution in [0.2, 0.25) is 0 Å². The topological polar surface area (TPSA) is 68.7 Å². The van der Waals surface area contributed by atoms with Crippen LogP contribution in [0, 0.1) is 11.3 Å². The number of anilines is 1. The molecule has 0 unspecified atom stereocenters. The Morgan fingerprint density at radius 3 is 2.61 bits per heavy atom. The summed E-state index contributed by atoms with van der Waals surface area (Å²) in [5.74, 6) is -0.00524. The standard InChI is InChI=1S/C24H19N3O/c25-14-13-17-7-6-10-19(15-17)27-23(18-8-2-1-3-9-18)24(28)21-16-26-22-12-5-4-11-20(21)22/h1-12,15-16,23,26-27H,13H2/t23-/m0/s1. The fourth-order valence-corrected chi connectivity index (χ4v) is 3.41. The number of hydrogen-bond acceptors (Lipinski definition) is 3. The lowest BCUT2D eigenvalue weighted by molar-refractivity contribution is 0.0971. The first-order chi connectivity index (χ1) is 13.8. The highest BCUT2D eigenvalue weighted by Gasteiger charge is 2.24. The summed E-state index contributed by atoms with van der Waals surface area (Å²) in [6.07, 6.45) is 2.11. The maximum atomic E-state index is 13.5. The molecule has 4 heteroatoms. The van der Waals surface area contributed by atoms with Gasteiger partial charge in [-0.1, -0.05) is 60.7 Å². The number of carbonyl (C=O) groups excluding carboxylic acids is 1. The molecular weight excluding hydrogens is 346 g/mol. The van der Waals surface area contributed by atoms with Crippen LogP contribution in [0.3, 0.4) is 0 Å². The number of hydrogen-bond donors (Lipinski definition) is 2. The number of aromatic nitrogens is 1. The second-order valence-electron chi connectivity index (χ2n) is 6.64. The molecule has 4 aromatic rings. The molecule has 3 aromatic carbocycles. The minimum atomic E-state index is -0.530. The predicted octanol–water partition coefficient (Wildman–Crippen LogP) is 5.27. The van der Waals surface area contributed by atoms with Crippen molar-refractivity contribution in [3.05, 3.63) is 102 Å². The van der Waals surface area contributed by atoms with E-state index in [0.29, 0.717) is 12.0 Å². The number of Topliss-reactive ketones (excluding diaryl/α,β-unsaturated/α-hetero) is 1. The van der Waals surface area contributed by atoms with Gasteiger partial charge in [-0.2, -0.15) is 5.26 Å². The van der Waals surface area contributed by atoms with E-state index in [2.05, 4.69) is 16.4 Å². The van der Waals surface area contributed by atoms with E-state index in [-0.39, 0.29) is 5.78 Å². The fraction of sp³-hybridized carbons (Fsp3) is 0.0833. The van der Waals surface area contributed by atoms with Gasteiger partial charge < -0.3 is 10.3 Å². The molecule has 4 nitrogen and oxygen atoms in total. The van der Waals surface area contributed by atoms with Crippen LogP contribution in [0.15, 0.2) is 85.1 Å². The van der Waals surface area contributed by atoms with E-state index in [4.69, 9.17) is 5.26 Å². The molecule has 2 N–H and O–H groups in total. The minimum Gasteiger partial charge on any atom is -0.371 e. The highest BCUT2D eigenvalue weighted by atomic mass is 16.1. The van der Waals surface area contributed by atoms with Gasteiger partial charge in [-0.3, -0.25) is 4.79 Å². The van der Waals surface area contributed by atoms with Crippen LogP contribution in [0.4, 0.5) is 5.69 Å². The number of H-pyrrole nitrogens is 1. The number of rotatable bonds is 6. The summed E-state index contributed by atoms with van der Waals surface area (Å²) in [7, 11) is 0. The van der Waals surface area contributed by atoms with Crippen LogP contribution in [0.5, 0.6) is 0 Å². The van der Waals surface area contributed by atoms with E-state index >= 15 is 0 Å². The summed E-state index contributed by atoms with van der Waals surface area (Å²) in [5.41, 5.74) is 4.22. The maximum absolute atomic E-state index is 13.5. The Kier molecular flexibility index (Phi) is 4.90. The Morgan fingerprint density at radius 1 is 1.00 bits per heavy atom. The molecular formula is C24H19N3O. The molecule has 0 saturated heterocycles. The van der Waals surface area contributed by atoms with Gasteiger partial charge in [-0.15, -0.1) is 0 Å². The van der Waals surface area contributed by atoms with Crippen molar-refractivity contribution in [2.75, 3.05) is 5.32 Å². The molecule has 0 bridgehead atoms. The zero-order valence-corrected chi connectivity index (χ0v) is 15.2. The number of carbonyl (C=O) groups is 1. The van der Waals surface area contributed by atoms with E-state index in [9.17, 15) is 4.79 Å². The molecule has 4 rings (SSSR count). The summed E-state index contributed by atoms with van der Waals surface area (Å²) in [4.78, 5) is 16.7. The molecule has 0 aliphatic heterocycles. The van der Waals surface area contributed by atoms with E-state index in [0.717, 1.165) is 27.7 Å². The molecule has 0 spiro atoms. The van der Waals surface area contributed by atoms with Gasteiger partial charge in [0, 0.05) is 28.4 Å². The average Bonchev–Trinajstić information content (AvgIpc) is 3.17. The van der Waals surface area contributed by atoms with Gasteiger partial charge >= 0.3 is 0 Å². The van der Waals surface area contributed by atoms with Crippen LogP contribution in [-0.2, 0) is 6.42 Å². The van der Waals surface area contributed by atoms with Crippen molar-refractivity contribution < 1.29 is 4.79 Å². The first-order valence-corrected chi connectivity index (χ1v) is 9.14. The van der Waals surface area contributed by atoms with Gasteiger partial charge in [0.15, 0.2) is 5.78 Å². The third kappa shape index (κ3) is 3.51. The number of benzene rings is 3. The zero-order valence-electron chi connectivity index (χ0n) is 15.2. The number of nitriles is 1. The maximum Gasteiger partial charge on any atom is 0.191 e. The van der Waals surface area contributed by atoms with Crippen molar-refractivity contribution in [3.8, 4) is 6.07 Å². The van der Waals surface area contributed by atoms with Crippen LogP contribution >= 0.6 is 0 Å². The van der Waals surface area contributed by atoms with Crippen molar-refractivity contribution in [3.63, 3.8) is 0 Å². The smallest absolute Gasteiger partial charge is 0.191 e. The van der Waals surface area contributed by atoms with Gasteiger partial charge in [0.25, 0.3) is 0 Å². The molecule has 0 aliphatic rings. The Balaban J connectivity index is 1.73. The van der Waals surface area contributed by atoms with Crippen LogP contribution in [0.25, 0.3) is 10.9 Å². The largest absolute Gasteiger partial charge is 0.371 e. The Labute approximate surface area is 163 Å². The number of nitrogens with zero attached hydrogens (tertiary/aromatic N) is 1. The normalized spacial score (nSPS) is 11.7. The minimum absolute atomic E-state index is 0.00524. The van der Waals surface area contributed by atoms with Crippen molar-refractivity contribution in [2.24, 2.45) is 0 Å². The third-order valence-electron chi connectivity index (χ3n) is 4.77. The van der Waals surface area contributed by atoms with Crippen LogP contribution in [0.1, 0.15) is 27.5 Å². The van der Waals surface area contributed by atoms with Crippen LogP contribution in [-0.4, -0.2) is 10.8 Å². The summed E-state index contributed by atoms with van der Waals surface area (Å²) >= 11 is 0. The molecule has 0 amide bonds. The van der Waals surface area contributed by atoms with Crippen molar-refractivity contribution >= 4 is 22.4 Å². The van der Waals surface area contributed by atoms with E-state index < -0.39 is 6.04 Å². The molecule has 0 radical (unpaired) electrons. The van der Waals surface area contributed by atoms with Gasteiger partial charge in [0.05, 0.1) is 12.5 Å². The monoisotopic (exact) mass is 365 g/mol. The van der Waals surface area contributed by atoms with Gasteiger partial charge in [0.2, 0.25) is 0 Å². The molecule has 136 valence electrons. The van der Waals surface area contributed by atoms with Crippen molar-refractivity contribution in [1.29, 1.82) is 5.26 Å². The average molecular weight is 365 g/mol. The van der Waals surface area contributed by atoms with Gasteiger partial charge in [0.1, 0.15) is 6.04 Å². The molecule has 0 saturated carbocycles. The summed E-state index contributed by atoms with van der Waals surface area (Å²) in [5, 5.41) is 13.2. The first-order valence-electron chi connectivity index (χ1n) is 9.14. The fourth-order valence-electron chi connectivity index (χ4n) is 3.41. The van der Waals surface area contributed by atoms with E-state index in [1.165, 1.54) is 0 Å². The zero-order chi connectivity index (χ0) is 19.3. The number of nitrogens with one attached hydrogen (secondary N) is 2. The lowest BCUT2D eigenvalue weighted by Gasteiger charge is -2.19. The highest BCUT2D eigenvalue weighted by molar-refractivity contribution is 6.11. The Bertz CT molecular complexity index is 1160. The Morgan fingerprint density at radius 2 is 1.79 bits per heavy atom. The lowest BCUT2D eigenvalue weighted by atomic mass is 9.96. The Hall–Kier alpha value is -3.84. The molecule has 1 atom stereocenters. The molecule has 0 fully saturated rings. The number of aromatic amines is 1. The van der Waals surface area contributed by atoms with Crippen molar-refractivity contribution in [2.45, 2.75) is 12.5 Å². The summed E-state index contributed by atoms with van der Waals surface area (Å²) in [6.45, 7) is 0. The molecule has 28 heavy (non-hydrogen) atoms. The quantitative estimate of drug-likeness (QED) is 0.457. The molecule has 1 aromatic heterocycles. The van der Waals surface area contributed by atoms with E-state index in [1.54, 1.807) is 6.20 Å². The first kappa shape index (κ1) is 17.6. The lowest BCUT2D eigenvalue weighted by Crippen LogP contribution is -2.21. The summed E-state index contributed by atoms with van der Waals surface area (Å²) < 4.78 is 0. The molecule has 1 heterocycles. The van der Waals surface area contributed by atoms with Gasteiger partial charge in [-0.05, 0) is 29.3 Å². The number of ketones is 1. The predicted molar refractivity (Wildman–Crippen MR) is 111 cm³/mol. The molecule has 0 aliphatic carbocycles. The summed E-state index contributed by atoms with van der Waals surface area (Å²) in [6, 6.07) is 26.8. The van der Waals surface area contributed by atoms with Crippen LogP contribution < -0.4 is 5.32 Å². The second-order valence-corrected chi connectivity index (χ2v) is 6.64. The second kappa shape index (κ2) is 7.81. The number of para-hydroxylation sites is 1. The third-order valence-corrected chi connectivity index (χ3v) is 4.77. The SMILES string of the molecule is N#CCc1cccc(N[C@H](C(=O)c2c[nH]c3ccccc23)c2ccccc2)c1.